The Bertz CT molecular complexity index is 415. The maximum absolute atomic E-state index is 13.9. The monoisotopic (exact) mass is 279 g/mol. The molecule has 1 atom stereocenters. The van der Waals surface area contributed by atoms with Crippen LogP contribution in [0.5, 0.6) is 5.75 Å². The van der Waals surface area contributed by atoms with Gasteiger partial charge in [0.05, 0.1) is 7.11 Å². The Morgan fingerprint density at radius 2 is 2.05 bits per heavy atom. The van der Waals surface area contributed by atoms with Gasteiger partial charge in [0.2, 0.25) is 0 Å². The summed E-state index contributed by atoms with van der Waals surface area (Å²) in [6.45, 7) is 3.01. The molecule has 1 aromatic carbocycles. The summed E-state index contributed by atoms with van der Waals surface area (Å²) < 4.78 is 18.9. The highest BCUT2D eigenvalue weighted by Crippen LogP contribution is 2.33. The van der Waals surface area contributed by atoms with Gasteiger partial charge in [0.25, 0.3) is 0 Å². The molecular formula is C17H26FNO. The van der Waals surface area contributed by atoms with E-state index in [9.17, 15) is 4.39 Å². The molecule has 0 saturated heterocycles. The van der Waals surface area contributed by atoms with Gasteiger partial charge >= 0.3 is 0 Å². The molecule has 0 bridgehead atoms. The Kier molecular flexibility index (Phi) is 5.84. The van der Waals surface area contributed by atoms with Crippen LogP contribution in [0, 0.1) is 11.7 Å². The van der Waals surface area contributed by atoms with E-state index >= 15 is 0 Å². The molecule has 2 rings (SSSR count). The zero-order valence-corrected chi connectivity index (χ0v) is 12.6. The molecule has 1 aliphatic rings. The Labute approximate surface area is 121 Å². The lowest BCUT2D eigenvalue weighted by Crippen LogP contribution is -2.24. The minimum atomic E-state index is -0.267. The molecule has 112 valence electrons. The fourth-order valence-electron chi connectivity index (χ4n) is 3.24. The van der Waals surface area contributed by atoms with Gasteiger partial charge in [0, 0.05) is 6.04 Å². The summed E-state index contributed by atoms with van der Waals surface area (Å²) in [7, 11) is 1.50. The molecule has 3 heteroatoms. The molecule has 1 saturated carbocycles. The third kappa shape index (κ3) is 3.95. The fraction of sp³-hybridized carbons (Fsp3) is 0.647. The average molecular weight is 279 g/mol. The van der Waals surface area contributed by atoms with Crippen molar-refractivity contribution in [3.05, 3.63) is 29.6 Å². The second-order valence-electron chi connectivity index (χ2n) is 5.74. The van der Waals surface area contributed by atoms with Crippen molar-refractivity contribution < 1.29 is 9.13 Å². The van der Waals surface area contributed by atoms with Crippen molar-refractivity contribution >= 4 is 0 Å². The van der Waals surface area contributed by atoms with E-state index < -0.39 is 0 Å². The van der Waals surface area contributed by atoms with Crippen LogP contribution < -0.4 is 10.1 Å². The molecule has 0 heterocycles. The predicted molar refractivity (Wildman–Crippen MR) is 80.6 cm³/mol. The molecule has 2 nitrogen and oxygen atoms in total. The second kappa shape index (κ2) is 7.63. The predicted octanol–water partition coefficient (Wildman–Crippen LogP) is 4.46. The van der Waals surface area contributed by atoms with Crippen LogP contribution in [0.2, 0.25) is 0 Å². The van der Waals surface area contributed by atoms with E-state index in [0.29, 0.717) is 5.75 Å². The first-order valence-electron chi connectivity index (χ1n) is 7.81. The van der Waals surface area contributed by atoms with Crippen LogP contribution in [0.1, 0.15) is 57.1 Å². The van der Waals surface area contributed by atoms with E-state index in [2.05, 4.69) is 12.2 Å². The number of halogens is 1. The Hall–Kier alpha value is -1.09. The highest BCUT2D eigenvalue weighted by molar-refractivity contribution is 5.31. The van der Waals surface area contributed by atoms with E-state index in [-0.39, 0.29) is 11.9 Å². The third-order valence-corrected chi connectivity index (χ3v) is 4.32. The van der Waals surface area contributed by atoms with Crippen LogP contribution in [0.15, 0.2) is 18.2 Å². The third-order valence-electron chi connectivity index (χ3n) is 4.32. The number of rotatable bonds is 6. The van der Waals surface area contributed by atoms with Gasteiger partial charge in [-0.25, -0.2) is 4.39 Å². The summed E-state index contributed by atoms with van der Waals surface area (Å²) >= 11 is 0. The van der Waals surface area contributed by atoms with Gasteiger partial charge in [-0.1, -0.05) is 45.1 Å². The van der Waals surface area contributed by atoms with Gasteiger partial charge in [-0.15, -0.1) is 0 Å². The van der Waals surface area contributed by atoms with Crippen molar-refractivity contribution in [2.24, 2.45) is 5.92 Å². The average Bonchev–Trinajstić information content (AvgIpc) is 2.48. The van der Waals surface area contributed by atoms with Gasteiger partial charge in [-0.05, 0) is 36.6 Å². The minimum Gasteiger partial charge on any atom is -0.494 e. The van der Waals surface area contributed by atoms with E-state index in [1.54, 1.807) is 12.1 Å². The summed E-state index contributed by atoms with van der Waals surface area (Å²) in [6.07, 6.45) is 7.82. The molecule has 0 aromatic heterocycles. The molecule has 0 spiro atoms. The number of benzene rings is 1. The van der Waals surface area contributed by atoms with Gasteiger partial charge in [0.1, 0.15) is 0 Å². The molecule has 1 aliphatic carbocycles. The van der Waals surface area contributed by atoms with Crippen LogP contribution in [-0.4, -0.2) is 13.7 Å². The SMILES string of the molecule is CCNC(CC1CCCCC1)c1ccc(OC)c(F)c1. The standard InChI is InChI=1S/C17H26FNO/c1-3-19-16(11-13-7-5-4-6-8-13)14-9-10-17(20-2)15(18)12-14/h9-10,12-13,16,19H,3-8,11H2,1-2H3. The van der Waals surface area contributed by atoms with E-state index in [1.807, 2.05) is 6.07 Å². The van der Waals surface area contributed by atoms with Crippen molar-refractivity contribution in [2.75, 3.05) is 13.7 Å². The molecule has 1 aromatic rings. The molecule has 0 aliphatic heterocycles. The van der Waals surface area contributed by atoms with Gasteiger partial charge in [-0.2, -0.15) is 0 Å². The van der Waals surface area contributed by atoms with Gasteiger partial charge in [-0.3, -0.25) is 0 Å². The Morgan fingerprint density at radius 3 is 2.65 bits per heavy atom. The smallest absolute Gasteiger partial charge is 0.165 e. The van der Waals surface area contributed by atoms with Crippen LogP contribution in [-0.2, 0) is 0 Å². The number of ether oxygens (including phenoxy) is 1. The van der Waals surface area contributed by atoms with Crippen molar-refractivity contribution in [2.45, 2.75) is 51.5 Å². The number of hydrogen-bond acceptors (Lipinski definition) is 2. The first-order valence-corrected chi connectivity index (χ1v) is 7.81. The summed E-state index contributed by atoms with van der Waals surface area (Å²) in [4.78, 5) is 0. The number of methoxy groups -OCH3 is 1. The zero-order valence-electron chi connectivity index (χ0n) is 12.6. The summed E-state index contributed by atoms with van der Waals surface area (Å²) in [5.41, 5.74) is 1.04. The molecule has 20 heavy (non-hydrogen) atoms. The quantitative estimate of drug-likeness (QED) is 0.830. The summed E-state index contributed by atoms with van der Waals surface area (Å²) in [5, 5.41) is 3.50. The molecule has 1 fully saturated rings. The highest BCUT2D eigenvalue weighted by atomic mass is 19.1. The molecule has 0 amide bonds. The van der Waals surface area contributed by atoms with Crippen molar-refractivity contribution in [1.29, 1.82) is 0 Å². The van der Waals surface area contributed by atoms with Crippen LogP contribution >= 0.6 is 0 Å². The summed E-state index contributed by atoms with van der Waals surface area (Å²) in [5.74, 6) is 0.830. The largest absolute Gasteiger partial charge is 0.494 e. The van der Waals surface area contributed by atoms with Crippen molar-refractivity contribution in [3.8, 4) is 5.75 Å². The maximum Gasteiger partial charge on any atom is 0.165 e. The van der Waals surface area contributed by atoms with Crippen molar-refractivity contribution in [3.63, 3.8) is 0 Å². The maximum atomic E-state index is 13.9. The van der Waals surface area contributed by atoms with E-state index in [0.717, 1.165) is 24.4 Å². The van der Waals surface area contributed by atoms with E-state index in [1.165, 1.54) is 39.2 Å². The first-order chi connectivity index (χ1) is 9.74. The lowest BCUT2D eigenvalue weighted by atomic mass is 9.83. The Balaban J connectivity index is 2.08. The van der Waals surface area contributed by atoms with Gasteiger partial charge in [0.15, 0.2) is 11.6 Å². The number of hydrogen-bond donors (Lipinski definition) is 1. The van der Waals surface area contributed by atoms with Crippen LogP contribution in [0.4, 0.5) is 4.39 Å². The Morgan fingerprint density at radius 1 is 1.30 bits per heavy atom. The number of nitrogens with one attached hydrogen (secondary N) is 1. The lowest BCUT2D eigenvalue weighted by molar-refractivity contribution is 0.301. The molecule has 0 radical (unpaired) electrons. The second-order valence-corrected chi connectivity index (χ2v) is 5.74. The highest BCUT2D eigenvalue weighted by Gasteiger charge is 2.20. The normalized spacial score (nSPS) is 17.9. The first kappa shape index (κ1) is 15.3. The molecular weight excluding hydrogens is 253 g/mol. The van der Waals surface area contributed by atoms with Crippen LogP contribution in [0.25, 0.3) is 0 Å². The fourth-order valence-corrected chi connectivity index (χ4v) is 3.24. The molecule has 1 N–H and O–H groups in total. The van der Waals surface area contributed by atoms with Crippen molar-refractivity contribution in [1.82, 2.24) is 5.32 Å². The zero-order chi connectivity index (χ0) is 14.4. The van der Waals surface area contributed by atoms with Crippen LogP contribution in [0.3, 0.4) is 0 Å². The summed E-state index contributed by atoms with van der Waals surface area (Å²) in [6, 6.07) is 5.59. The van der Waals surface area contributed by atoms with E-state index in [4.69, 9.17) is 4.74 Å². The molecule has 1 unspecified atom stereocenters. The lowest BCUT2D eigenvalue weighted by Gasteiger charge is -2.27. The minimum absolute atomic E-state index is 0.253. The topological polar surface area (TPSA) is 21.3 Å². The van der Waals surface area contributed by atoms with Gasteiger partial charge < -0.3 is 10.1 Å².